The number of aromatic amines is 1. The zero-order valence-corrected chi connectivity index (χ0v) is 19.6. The van der Waals surface area contributed by atoms with Gasteiger partial charge in [0.05, 0.1) is 11.4 Å². The fraction of sp³-hybridized carbons (Fsp3) is 0.200. The fourth-order valence-corrected chi connectivity index (χ4v) is 4.90. The number of fused-ring (bicyclic) bond motifs is 7. The number of nitrogens with zero attached hydrogens (tertiary/aromatic N) is 1. The first-order chi connectivity index (χ1) is 16.0. The number of nitrogens with one attached hydrogen (secondary N) is 1. The minimum Gasteiger partial charge on any atom is -0.355 e. The fourth-order valence-electron chi connectivity index (χ4n) is 4.90. The number of aromatic nitrogens is 1. The number of carbonyl (C=O) groups excluding carboxylic acids is 1. The molecule has 1 N–H and O–H groups in total. The van der Waals surface area contributed by atoms with Crippen molar-refractivity contribution in [1.82, 2.24) is 4.98 Å². The van der Waals surface area contributed by atoms with Gasteiger partial charge in [-0.1, -0.05) is 50.2 Å². The maximum absolute atomic E-state index is 13.3. The van der Waals surface area contributed by atoms with Gasteiger partial charge in [-0.05, 0) is 90.4 Å². The summed E-state index contributed by atoms with van der Waals surface area (Å²) in [5.74, 6) is 0.0289. The molecular weight excluding hydrogens is 404 g/mol. The first-order valence-corrected chi connectivity index (χ1v) is 11.6. The third kappa shape index (κ3) is 3.74. The summed E-state index contributed by atoms with van der Waals surface area (Å²) in [6, 6.07) is 15.7. The van der Waals surface area contributed by atoms with Crippen molar-refractivity contribution in [3.8, 4) is 0 Å². The number of aliphatic imine (C=N–C) groups is 1. The predicted octanol–water partition coefficient (Wildman–Crippen LogP) is 5.26. The second-order valence-corrected chi connectivity index (χ2v) is 8.76. The van der Waals surface area contributed by atoms with Gasteiger partial charge in [0.1, 0.15) is 0 Å². The summed E-state index contributed by atoms with van der Waals surface area (Å²) in [5, 5.41) is 2.19. The molecule has 2 aliphatic heterocycles. The summed E-state index contributed by atoms with van der Waals surface area (Å²) in [6.07, 6.45) is 8.28. The number of benzene rings is 2. The standard InChI is InChI=1S/C30H28N2O/c1-5-24-18(3)26-15-20-9-7-11-22(13-20)30(33)23-12-8-10-21(14-23)16-27-19(4)25(6-2)29(32-27)17-28(24)31-26/h7-17,31H,5-6H2,1-4H3. The maximum atomic E-state index is 13.3. The van der Waals surface area contributed by atoms with E-state index in [0.29, 0.717) is 11.1 Å². The normalized spacial score (nSPS) is 15.1. The van der Waals surface area contributed by atoms with Crippen molar-refractivity contribution in [3.05, 3.63) is 109 Å². The minimum absolute atomic E-state index is 0.0289. The minimum atomic E-state index is 0.0289. The van der Waals surface area contributed by atoms with Crippen LogP contribution in [-0.4, -0.2) is 16.5 Å². The smallest absolute Gasteiger partial charge is 0.193 e. The Hall–Kier alpha value is -3.72. The first kappa shape index (κ1) is 21.1. The van der Waals surface area contributed by atoms with Crippen LogP contribution in [0.15, 0.2) is 70.4 Å². The highest BCUT2D eigenvalue weighted by Gasteiger charge is 2.19. The van der Waals surface area contributed by atoms with E-state index in [4.69, 9.17) is 4.99 Å². The van der Waals surface area contributed by atoms with Crippen LogP contribution in [0.25, 0.3) is 18.2 Å². The van der Waals surface area contributed by atoms with E-state index in [1.54, 1.807) is 0 Å². The molecule has 3 heteroatoms. The number of allylic oxidation sites excluding steroid dienone is 2. The summed E-state index contributed by atoms with van der Waals surface area (Å²) in [4.78, 5) is 21.9. The number of rotatable bonds is 2. The summed E-state index contributed by atoms with van der Waals surface area (Å²) in [7, 11) is 0. The Morgan fingerprint density at radius 2 is 1.48 bits per heavy atom. The number of hydrogen-bond acceptors (Lipinski definition) is 2. The summed E-state index contributed by atoms with van der Waals surface area (Å²) < 4.78 is 0. The van der Waals surface area contributed by atoms with Gasteiger partial charge in [0.25, 0.3) is 0 Å². The van der Waals surface area contributed by atoms with Crippen LogP contribution in [0.5, 0.6) is 0 Å². The SMILES string of the molecule is CCC1=C(C)C2=Cc3cccc(c3)C(=O)c3cccc(c3)C=c3[nH]c(c(CC)c3C)=CC1=N2. The molecule has 0 radical (unpaired) electrons. The van der Waals surface area contributed by atoms with Crippen LogP contribution in [-0.2, 0) is 6.42 Å². The zero-order valence-electron chi connectivity index (χ0n) is 19.6. The summed E-state index contributed by atoms with van der Waals surface area (Å²) in [5.41, 5.74) is 10.4. The average molecular weight is 433 g/mol. The van der Waals surface area contributed by atoms with Gasteiger partial charge < -0.3 is 4.98 Å². The van der Waals surface area contributed by atoms with E-state index < -0.39 is 0 Å². The van der Waals surface area contributed by atoms with E-state index >= 15 is 0 Å². The molecule has 0 aliphatic carbocycles. The zero-order chi connectivity index (χ0) is 23.1. The van der Waals surface area contributed by atoms with Gasteiger partial charge in [-0.25, -0.2) is 4.99 Å². The number of ketones is 1. The monoisotopic (exact) mass is 432 g/mol. The Labute approximate surface area is 194 Å². The molecule has 8 bridgehead atoms. The lowest BCUT2D eigenvalue weighted by atomic mass is 9.98. The van der Waals surface area contributed by atoms with E-state index in [0.717, 1.165) is 46.1 Å². The molecule has 1 aromatic heterocycles. The molecule has 3 aromatic rings. The molecule has 0 saturated carbocycles. The molecular formula is C30H28N2O. The van der Waals surface area contributed by atoms with Crippen LogP contribution >= 0.6 is 0 Å². The molecule has 164 valence electrons. The lowest BCUT2D eigenvalue weighted by Gasteiger charge is -2.05. The molecule has 5 rings (SSSR count). The molecule has 2 aromatic carbocycles. The summed E-state index contributed by atoms with van der Waals surface area (Å²) in [6.45, 7) is 8.68. The molecule has 2 aliphatic rings. The van der Waals surface area contributed by atoms with E-state index in [9.17, 15) is 4.79 Å². The molecule has 3 heterocycles. The van der Waals surface area contributed by atoms with Gasteiger partial charge >= 0.3 is 0 Å². The summed E-state index contributed by atoms with van der Waals surface area (Å²) >= 11 is 0. The quantitative estimate of drug-likeness (QED) is 0.590. The van der Waals surface area contributed by atoms with E-state index in [1.165, 1.54) is 22.3 Å². The topological polar surface area (TPSA) is 45.2 Å². The molecule has 0 fully saturated rings. The second kappa shape index (κ2) is 8.32. The van der Waals surface area contributed by atoms with Gasteiger partial charge in [-0.3, -0.25) is 4.79 Å². The predicted molar refractivity (Wildman–Crippen MR) is 137 cm³/mol. The molecule has 0 unspecified atom stereocenters. The largest absolute Gasteiger partial charge is 0.355 e. The lowest BCUT2D eigenvalue weighted by Crippen LogP contribution is -2.14. The van der Waals surface area contributed by atoms with E-state index in [-0.39, 0.29) is 5.78 Å². The van der Waals surface area contributed by atoms with Gasteiger partial charge in [-0.2, -0.15) is 0 Å². The Balaban J connectivity index is 1.85. The van der Waals surface area contributed by atoms with Crippen LogP contribution in [0.1, 0.15) is 65.4 Å². The highest BCUT2D eigenvalue weighted by Crippen LogP contribution is 2.30. The highest BCUT2D eigenvalue weighted by molar-refractivity contribution is 6.23. The second-order valence-electron chi connectivity index (χ2n) is 8.76. The van der Waals surface area contributed by atoms with Gasteiger partial charge in [0, 0.05) is 21.8 Å². The number of carbonyl (C=O) groups is 1. The van der Waals surface area contributed by atoms with Crippen LogP contribution in [0.2, 0.25) is 0 Å². The lowest BCUT2D eigenvalue weighted by molar-refractivity contribution is 0.103. The third-order valence-corrected chi connectivity index (χ3v) is 6.74. The van der Waals surface area contributed by atoms with E-state index in [1.807, 2.05) is 48.5 Å². The molecule has 3 nitrogen and oxygen atoms in total. The highest BCUT2D eigenvalue weighted by atomic mass is 16.1. The van der Waals surface area contributed by atoms with Crippen molar-refractivity contribution in [1.29, 1.82) is 0 Å². The van der Waals surface area contributed by atoms with Crippen molar-refractivity contribution in [2.45, 2.75) is 40.5 Å². The van der Waals surface area contributed by atoms with Crippen LogP contribution in [0, 0.1) is 6.92 Å². The molecule has 0 atom stereocenters. The third-order valence-electron chi connectivity index (χ3n) is 6.74. The van der Waals surface area contributed by atoms with E-state index in [2.05, 4.69) is 50.9 Å². The average Bonchev–Trinajstić information content (AvgIpc) is 3.27. The molecule has 0 saturated heterocycles. The Morgan fingerprint density at radius 3 is 2.12 bits per heavy atom. The molecule has 33 heavy (non-hydrogen) atoms. The van der Waals surface area contributed by atoms with Crippen molar-refractivity contribution >= 4 is 29.7 Å². The first-order valence-electron chi connectivity index (χ1n) is 11.6. The Bertz CT molecular complexity index is 1510. The number of H-pyrrole nitrogens is 1. The maximum Gasteiger partial charge on any atom is 0.193 e. The van der Waals surface area contributed by atoms with Crippen molar-refractivity contribution in [2.24, 2.45) is 4.99 Å². The van der Waals surface area contributed by atoms with Gasteiger partial charge in [0.2, 0.25) is 0 Å². The van der Waals surface area contributed by atoms with Gasteiger partial charge in [0.15, 0.2) is 5.78 Å². The van der Waals surface area contributed by atoms with Gasteiger partial charge in [-0.15, -0.1) is 0 Å². The van der Waals surface area contributed by atoms with Crippen molar-refractivity contribution < 1.29 is 4.79 Å². The van der Waals surface area contributed by atoms with Crippen LogP contribution in [0.3, 0.4) is 0 Å². The van der Waals surface area contributed by atoms with Crippen molar-refractivity contribution in [3.63, 3.8) is 0 Å². The molecule has 0 amide bonds. The van der Waals surface area contributed by atoms with Crippen LogP contribution < -0.4 is 10.7 Å². The van der Waals surface area contributed by atoms with Crippen molar-refractivity contribution in [2.75, 3.05) is 0 Å². The number of hydrogen-bond donors (Lipinski definition) is 1. The van der Waals surface area contributed by atoms with Crippen LogP contribution in [0.4, 0.5) is 0 Å². The Kier molecular flexibility index (Phi) is 5.33. The molecule has 0 spiro atoms. The Morgan fingerprint density at radius 1 is 0.818 bits per heavy atom.